The quantitative estimate of drug-likeness (QED) is 0.320. The predicted octanol–water partition coefficient (Wildman–Crippen LogP) is 5.55. The molecule has 132 valence electrons. The van der Waals surface area contributed by atoms with Crippen LogP contribution in [0.1, 0.15) is 6.42 Å². The van der Waals surface area contributed by atoms with Crippen molar-refractivity contribution < 1.29 is 0 Å². The molecule has 0 amide bonds. The molecule has 2 heterocycles. The zero-order valence-electron chi connectivity index (χ0n) is 13.9. The minimum Gasteiger partial charge on any atom is -0.384 e. The number of pyridine rings is 1. The standard InChI is InChI=1S/C19H17Br2N5/c20-12-10-13-15(6-9-23-18(13)14(21)11-12)22-7-3-8-24-19-25-16-4-1-2-5-17(16)26-19/h1-2,4-6,9-11H,3,7-8H2,(H,22,23)(H2,24,25,26). The fraction of sp³-hybridized carbons (Fsp3) is 0.158. The number of H-pyrrole nitrogens is 1. The van der Waals surface area contributed by atoms with Crippen molar-refractivity contribution in [1.82, 2.24) is 15.0 Å². The molecule has 2 aromatic carbocycles. The maximum Gasteiger partial charge on any atom is 0.201 e. The van der Waals surface area contributed by atoms with Crippen molar-refractivity contribution in [2.75, 3.05) is 23.7 Å². The third-order valence-electron chi connectivity index (χ3n) is 4.11. The van der Waals surface area contributed by atoms with Gasteiger partial charge in [-0.25, -0.2) is 4.98 Å². The largest absolute Gasteiger partial charge is 0.384 e. The molecule has 0 aliphatic heterocycles. The fourth-order valence-corrected chi connectivity index (χ4v) is 4.22. The SMILES string of the molecule is Brc1cc(Br)c2nccc(NCCCNc3nc4ccccc4[nH]3)c2c1. The summed E-state index contributed by atoms with van der Waals surface area (Å²) < 4.78 is 2.01. The van der Waals surface area contributed by atoms with E-state index in [0.29, 0.717) is 0 Å². The molecule has 0 bridgehead atoms. The van der Waals surface area contributed by atoms with Crippen LogP contribution in [0.25, 0.3) is 21.9 Å². The lowest BCUT2D eigenvalue weighted by molar-refractivity contribution is 0.901. The Hall–Kier alpha value is -2.12. The number of benzene rings is 2. The Bertz CT molecular complexity index is 1030. The number of fused-ring (bicyclic) bond motifs is 2. The van der Waals surface area contributed by atoms with Crippen LogP contribution >= 0.6 is 31.9 Å². The highest BCUT2D eigenvalue weighted by atomic mass is 79.9. The number of hydrogen-bond donors (Lipinski definition) is 3. The van der Waals surface area contributed by atoms with Gasteiger partial charge in [-0.2, -0.15) is 0 Å². The first-order chi connectivity index (χ1) is 12.7. The van der Waals surface area contributed by atoms with Crippen LogP contribution in [-0.4, -0.2) is 28.0 Å². The zero-order chi connectivity index (χ0) is 17.9. The van der Waals surface area contributed by atoms with Gasteiger partial charge in [0, 0.05) is 39.3 Å². The van der Waals surface area contributed by atoms with Crippen molar-refractivity contribution in [3.63, 3.8) is 0 Å². The van der Waals surface area contributed by atoms with E-state index < -0.39 is 0 Å². The highest BCUT2D eigenvalue weighted by Gasteiger charge is 2.06. The van der Waals surface area contributed by atoms with Gasteiger partial charge in [0.1, 0.15) is 0 Å². The second kappa shape index (κ2) is 7.63. The number of aromatic nitrogens is 3. The van der Waals surface area contributed by atoms with E-state index in [4.69, 9.17) is 0 Å². The molecular formula is C19H17Br2N5. The van der Waals surface area contributed by atoms with E-state index in [9.17, 15) is 0 Å². The van der Waals surface area contributed by atoms with Crippen molar-refractivity contribution >= 4 is 65.4 Å². The first kappa shape index (κ1) is 17.3. The number of halogens is 2. The van der Waals surface area contributed by atoms with Gasteiger partial charge in [0.25, 0.3) is 0 Å². The van der Waals surface area contributed by atoms with Crippen molar-refractivity contribution in [1.29, 1.82) is 0 Å². The summed E-state index contributed by atoms with van der Waals surface area (Å²) in [4.78, 5) is 12.3. The van der Waals surface area contributed by atoms with Gasteiger partial charge in [-0.15, -0.1) is 0 Å². The highest BCUT2D eigenvalue weighted by Crippen LogP contribution is 2.31. The van der Waals surface area contributed by atoms with Crippen molar-refractivity contribution in [3.05, 3.63) is 57.6 Å². The van der Waals surface area contributed by atoms with Crippen molar-refractivity contribution in [3.8, 4) is 0 Å². The van der Waals surface area contributed by atoms with Crippen LogP contribution in [0.5, 0.6) is 0 Å². The molecule has 7 heteroatoms. The number of imidazole rings is 1. The summed E-state index contributed by atoms with van der Waals surface area (Å²) in [5.74, 6) is 0.813. The summed E-state index contributed by atoms with van der Waals surface area (Å²) >= 11 is 7.12. The Balaban J connectivity index is 1.35. The van der Waals surface area contributed by atoms with E-state index >= 15 is 0 Å². The van der Waals surface area contributed by atoms with Crippen LogP contribution in [-0.2, 0) is 0 Å². The van der Waals surface area contributed by atoms with E-state index in [-0.39, 0.29) is 0 Å². The van der Waals surface area contributed by atoms with Crippen LogP contribution in [0.2, 0.25) is 0 Å². The molecular weight excluding hydrogens is 458 g/mol. The Morgan fingerprint density at radius 3 is 2.73 bits per heavy atom. The van der Waals surface area contributed by atoms with Crippen LogP contribution < -0.4 is 10.6 Å². The molecule has 0 saturated carbocycles. The molecule has 0 unspecified atom stereocenters. The van der Waals surface area contributed by atoms with Gasteiger partial charge < -0.3 is 15.6 Å². The molecule has 0 spiro atoms. The lowest BCUT2D eigenvalue weighted by Gasteiger charge is -2.11. The maximum absolute atomic E-state index is 4.52. The summed E-state index contributed by atoms with van der Waals surface area (Å²) in [6, 6.07) is 14.1. The van der Waals surface area contributed by atoms with Gasteiger partial charge in [-0.05, 0) is 52.7 Å². The van der Waals surface area contributed by atoms with Crippen LogP contribution in [0.15, 0.2) is 57.6 Å². The number of nitrogens with one attached hydrogen (secondary N) is 3. The monoisotopic (exact) mass is 473 g/mol. The van der Waals surface area contributed by atoms with Gasteiger partial charge in [0.2, 0.25) is 5.95 Å². The number of nitrogens with zero attached hydrogens (tertiary/aromatic N) is 2. The first-order valence-corrected chi connectivity index (χ1v) is 9.95. The molecule has 4 aromatic rings. The normalized spacial score (nSPS) is 11.2. The van der Waals surface area contributed by atoms with Gasteiger partial charge in [-0.3, -0.25) is 4.98 Å². The summed E-state index contributed by atoms with van der Waals surface area (Å²) in [6.07, 6.45) is 2.80. The minimum absolute atomic E-state index is 0.813. The number of aromatic amines is 1. The Kier molecular flexibility index (Phi) is 5.08. The number of anilines is 2. The lowest BCUT2D eigenvalue weighted by Crippen LogP contribution is -2.10. The van der Waals surface area contributed by atoms with Gasteiger partial charge in [0.15, 0.2) is 0 Å². The minimum atomic E-state index is 0.813. The molecule has 26 heavy (non-hydrogen) atoms. The van der Waals surface area contributed by atoms with Gasteiger partial charge in [0.05, 0.1) is 16.6 Å². The Labute approximate surface area is 167 Å². The number of hydrogen-bond acceptors (Lipinski definition) is 4. The van der Waals surface area contributed by atoms with E-state index in [0.717, 1.165) is 62.0 Å². The third kappa shape index (κ3) is 3.68. The molecule has 0 aliphatic carbocycles. The molecule has 4 rings (SSSR count). The second-order valence-corrected chi connectivity index (χ2v) is 7.72. The summed E-state index contributed by atoms with van der Waals surface area (Å²) in [6.45, 7) is 1.69. The average Bonchev–Trinajstić information content (AvgIpc) is 3.04. The molecule has 0 atom stereocenters. The topological polar surface area (TPSA) is 65.6 Å². The van der Waals surface area contributed by atoms with Crippen LogP contribution in [0, 0.1) is 0 Å². The van der Waals surface area contributed by atoms with Crippen molar-refractivity contribution in [2.45, 2.75) is 6.42 Å². The lowest BCUT2D eigenvalue weighted by atomic mass is 10.2. The summed E-state index contributed by atoms with van der Waals surface area (Å²) in [7, 11) is 0. The van der Waals surface area contributed by atoms with Gasteiger partial charge in [-0.1, -0.05) is 28.1 Å². The molecule has 3 N–H and O–H groups in total. The first-order valence-electron chi connectivity index (χ1n) is 8.37. The zero-order valence-corrected chi connectivity index (χ0v) is 17.1. The van der Waals surface area contributed by atoms with E-state index in [2.05, 4.69) is 63.5 Å². The Morgan fingerprint density at radius 2 is 1.85 bits per heavy atom. The highest BCUT2D eigenvalue weighted by molar-refractivity contribution is 9.11. The Morgan fingerprint density at radius 1 is 1.00 bits per heavy atom. The molecule has 0 fully saturated rings. The van der Waals surface area contributed by atoms with Crippen LogP contribution in [0.3, 0.4) is 0 Å². The molecule has 5 nitrogen and oxygen atoms in total. The molecule has 0 aliphatic rings. The van der Waals surface area contributed by atoms with E-state index in [1.54, 1.807) is 0 Å². The molecule has 0 saturated heterocycles. The second-order valence-electron chi connectivity index (χ2n) is 5.95. The van der Waals surface area contributed by atoms with E-state index in [1.165, 1.54) is 0 Å². The summed E-state index contributed by atoms with van der Waals surface area (Å²) in [5, 5.41) is 7.94. The average molecular weight is 475 g/mol. The van der Waals surface area contributed by atoms with Crippen LogP contribution in [0.4, 0.5) is 11.6 Å². The number of rotatable bonds is 6. The third-order valence-corrected chi connectivity index (χ3v) is 5.18. The molecule has 2 aromatic heterocycles. The van der Waals surface area contributed by atoms with Gasteiger partial charge >= 0.3 is 0 Å². The smallest absolute Gasteiger partial charge is 0.201 e. The molecule has 0 radical (unpaired) electrons. The number of para-hydroxylation sites is 2. The van der Waals surface area contributed by atoms with E-state index in [1.807, 2.05) is 42.6 Å². The van der Waals surface area contributed by atoms with Crippen molar-refractivity contribution in [2.24, 2.45) is 0 Å². The maximum atomic E-state index is 4.52. The summed E-state index contributed by atoms with van der Waals surface area (Å²) in [5.41, 5.74) is 4.07. The fourth-order valence-electron chi connectivity index (χ4n) is 2.89. The predicted molar refractivity (Wildman–Crippen MR) is 115 cm³/mol.